The lowest BCUT2D eigenvalue weighted by Crippen LogP contribution is -2.42. The minimum Gasteiger partial charge on any atom is -0.481 e. The van der Waals surface area contributed by atoms with Crippen molar-refractivity contribution in [1.29, 1.82) is 0 Å². The smallest absolute Gasteiger partial charge is 0.223 e. The molecular weight excluding hydrogens is 477 g/mol. The zero-order valence-electron chi connectivity index (χ0n) is 20.4. The molecular formula is C28H30FN3O3S. The first-order valence-electron chi connectivity index (χ1n) is 12.5. The van der Waals surface area contributed by atoms with Gasteiger partial charge in [0.15, 0.2) is 0 Å². The van der Waals surface area contributed by atoms with Gasteiger partial charge in [0.05, 0.1) is 19.2 Å². The molecule has 2 unspecified atom stereocenters. The molecule has 1 fully saturated rings. The Morgan fingerprint density at radius 1 is 1.06 bits per heavy atom. The maximum absolute atomic E-state index is 14.1. The number of piperidine rings is 1. The molecule has 4 heterocycles. The molecule has 0 N–H and O–H groups in total. The summed E-state index contributed by atoms with van der Waals surface area (Å²) in [7, 11) is 1.58. The van der Waals surface area contributed by atoms with Crippen molar-refractivity contribution >= 4 is 23.2 Å². The van der Waals surface area contributed by atoms with Crippen molar-refractivity contribution in [3.8, 4) is 5.88 Å². The van der Waals surface area contributed by atoms with Crippen LogP contribution < -0.4 is 4.74 Å². The first-order chi connectivity index (χ1) is 17.5. The van der Waals surface area contributed by atoms with Gasteiger partial charge in [-0.25, -0.2) is 9.37 Å². The number of hydrogen-bond acceptors (Lipinski definition) is 5. The second-order valence-corrected chi connectivity index (χ2v) is 10.3. The molecule has 188 valence electrons. The van der Waals surface area contributed by atoms with Crippen LogP contribution in [0.2, 0.25) is 0 Å². The standard InChI is InChI=1S/C28H30FN3O3S/c1-35-25-9-8-20(18-30-25)23-7-2-3-14-31(23)26(33)10-11-27(34)32-15-12-24-22(13-16-36-24)28(32)19-5-4-6-21(29)17-19/h4-6,8-9,13,16-18,23,28H,2-3,7,10-12,14-15H2,1H3. The number of halogens is 1. The van der Waals surface area contributed by atoms with Crippen LogP contribution in [0.1, 0.15) is 65.8 Å². The van der Waals surface area contributed by atoms with Gasteiger partial charge in [-0.1, -0.05) is 18.2 Å². The number of pyridine rings is 1. The first-order valence-corrected chi connectivity index (χ1v) is 13.3. The van der Waals surface area contributed by atoms with Crippen LogP contribution in [0.25, 0.3) is 0 Å². The van der Waals surface area contributed by atoms with Crippen molar-refractivity contribution in [3.05, 3.63) is 81.4 Å². The van der Waals surface area contributed by atoms with Crippen LogP contribution >= 0.6 is 11.3 Å². The fraction of sp³-hybridized carbons (Fsp3) is 0.393. The van der Waals surface area contributed by atoms with Crippen LogP contribution in [0.15, 0.2) is 54.0 Å². The molecule has 0 aliphatic carbocycles. The molecule has 5 rings (SSSR count). The molecule has 2 aromatic heterocycles. The fourth-order valence-electron chi connectivity index (χ4n) is 5.41. The van der Waals surface area contributed by atoms with E-state index in [2.05, 4.69) is 4.98 Å². The summed E-state index contributed by atoms with van der Waals surface area (Å²) in [5.41, 5.74) is 2.80. The topological polar surface area (TPSA) is 62.7 Å². The molecule has 8 heteroatoms. The van der Waals surface area contributed by atoms with E-state index < -0.39 is 0 Å². The molecule has 6 nitrogen and oxygen atoms in total. The molecule has 0 bridgehead atoms. The largest absolute Gasteiger partial charge is 0.481 e. The number of carbonyl (C=O) groups excluding carboxylic acids is 2. The quantitative estimate of drug-likeness (QED) is 0.454. The second-order valence-electron chi connectivity index (χ2n) is 9.33. The van der Waals surface area contributed by atoms with E-state index in [0.29, 0.717) is 19.0 Å². The predicted octanol–water partition coefficient (Wildman–Crippen LogP) is 5.30. The number of methoxy groups -OCH3 is 1. The summed E-state index contributed by atoms with van der Waals surface area (Å²) in [5.74, 6) is 0.135. The first kappa shape index (κ1) is 24.4. The number of hydrogen-bond donors (Lipinski definition) is 0. The summed E-state index contributed by atoms with van der Waals surface area (Å²) in [5, 5.41) is 2.03. The van der Waals surface area contributed by atoms with Gasteiger partial charge in [0, 0.05) is 43.1 Å². The molecule has 2 atom stereocenters. The highest BCUT2D eigenvalue weighted by Crippen LogP contribution is 2.38. The van der Waals surface area contributed by atoms with E-state index >= 15 is 0 Å². The monoisotopic (exact) mass is 507 g/mol. The van der Waals surface area contributed by atoms with E-state index in [1.165, 1.54) is 17.0 Å². The van der Waals surface area contributed by atoms with Crippen molar-refractivity contribution < 1.29 is 18.7 Å². The normalized spacial score (nSPS) is 19.6. The van der Waals surface area contributed by atoms with Gasteiger partial charge < -0.3 is 14.5 Å². The Bertz CT molecular complexity index is 1230. The number of aromatic nitrogens is 1. The maximum Gasteiger partial charge on any atom is 0.223 e. The third-order valence-electron chi connectivity index (χ3n) is 7.18. The zero-order valence-corrected chi connectivity index (χ0v) is 21.2. The molecule has 1 saturated heterocycles. The van der Waals surface area contributed by atoms with Crippen molar-refractivity contribution in [2.75, 3.05) is 20.2 Å². The third-order valence-corrected chi connectivity index (χ3v) is 8.18. The van der Waals surface area contributed by atoms with Gasteiger partial charge in [-0.3, -0.25) is 9.59 Å². The highest BCUT2D eigenvalue weighted by atomic mass is 32.1. The lowest BCUT2D eigenvalue weighted by Gasteiger charge is -2.37. The van der Waals surface area contributed by atoms with Crippen molar-refractivity contribution in [2.45, 2.75) is 50.6 Å². The summed E-state index contributed by atoms with van der Waals surface area (Å²) in [6.45, 7) is 1.24. The fourth-order valence-corrected chi connectivity index (χ4v) is 6.31. The SMILES string of the molecule is COc1ccc(C2CCCCN2C(=O)CCC(=O)N2CCc3sccc3C2c2cccc(F)c2)cn1. The number of nitrogens with zero attached hydrogens (tertiary/aromatic N) is 3. The van der Waals surface area contributed by atoms with E-state index in [4.69, 9.17) is 4.74 Å². The lowest BCUT2D eigenvalue weighted by molar-refractivity contribution is -0.140. The number of thiophene rings is 1. The lowest BCUT2D eigenvalue weighted by atomic mass is 9.92. The van der Waals surface area contributed by atoms with E-state index in [1.807, 2.05) is 39.4 Å². The van der Waals surface area contributed by atoms with Gasteiger partial charge in [-0.05, 0) is 66.0 Å². The molecule has 36 heavy (non-hydrogen) atoms. The van der Waals surface area contributed by atoms with Gasteiger partial charge in [-0.2, -0.15) is 0 Å². The molecule has 3 aromatic rings. The number of amides is 2. The number of carbonyl (C=O) groups is 2. The van der Waals surface area contributed by atoms with Crippen LogP contribution in [0.4, 0.5) is 4.39 Å². The summed E-state index contributed by atoms with van der Waals surface area (Å²) < 4.78 is 19.2. The van der Waals surface area contributed by atoms with Crippen molar-refractivity contribution in [3.63, 3.8) is 0 Å². The number of likely N-dealkylation sites (tertiary alicyclic amines) is 1. The highest BCUT2D eigenvalue weighted by molar-refractivity contribution is 7.10. The Morgan fingerprint density at radius 3 is 2.64 bits per heavy atom. The van der Waals surface area contributed by atoms with Gasteiger partial charge in [0.2, 0.25) is 17.7 Å². The van der Waals surface area contributed by atoms with Gasteiger partial charge in [0.25, 0.3) is 0 Å². The van der Waals surface area contributed by atoms with Crippen molar-refractivity contribution in [1.82, 2.24) is 14.8 Å². The Kier molecular flexibility index (Phi) is 7.32. The number of ether oxygens (including phenoxy) is 1. The maximum atomic E-state index is 14.1. The average molecular weight is 508 g/mol. The van der Waals surface area contributed by atoms with E-state index in [0.717, 1.165) is 42.4 Å². The summed E-state index contributed by atoms with van der Waals surface area (Å²) in [6.07, 6.45) is 5.71. The zero-order chi connectivity index (χ0) is 25.1. The number of benzene rings is 1. The average Bonchev–Trinajstić information content (AvgIpc) is 3.40. The van der Waals surface area contributed by atoms with Gasteiger partial charge >= 0.3 is 0 Å². The molecule has 2 aliphatic rings. The minimum atomic E-state index is -0.327. The second kappa shape index (κ2) is 10.8. The number of fused-ring (bicyclic) bond motifs is 1. The van der Waals surface area contributed by atoms with Gasteiger partial charge in [-0.15, -0.1) is 11.3 Å². The Morgan fingerprint density at radius 2 is 1.89 bits per heavy atom. The van der Waals surface area contributed by atoms with E-state index in [9.17, 15) is 14.0 Å². The van der Waals surface area contributed by atoms with Crippen LogP contribution in [0, 0.1) is 5.82 Å². The van der Waals surface area contributed by atoms with E-state index in [1.54, 1.807) is 30.7 Å². The Labute approximate surface area is 214 Å². The Balaban J connectivity index is 1.29. The molecule has 0 spiro atoms. The highest BCUT2D eigenvalue weighted by Gasteiger charge is 2.34. The molecule has 1 aromatic carbocycles. The van der Waals surface area contributed by atoms with Crippen LogP contribution in [-0.2, 0) is 16.0 Å². The Hall–Kier alpha value is -3.26. The molecule has 2 aliphatic heterocycles. The molecule has 0 radical (unpaired) electrons. The van der Waals surface area contributed by atoms with Gasteiger partial charge in [0.1, 0.15) is 5.82 Å². The summed E-state index contributed by atoms with van der Waals surface area (Å²) >= 11 is 1.67. The number of rotatable bonds is 6. The summed E-state index contributed by atoms with van der Waals surface area (Å²) in [6, 6.07) is 11.9. The van der Waals surface area contributed by atoms with E-state index in [-0.39, 0.29) is 42.6 Å². The summed E-state index contributed by atoms with van der Waals surface area (Å²) in [4.78, 5) is 36.0. The van der Waals surface area contributed by atoms with Crippen molar-refractivity contribution in [2.24, 2.45) is 0 Å². The minimum absolute atomic E-state index is 0.0144. The third kappa shape index (κ3) is 5.00. The predicted molar refractivity (Wildman–Crippen MR) is 136 cm³/mol. The molecule has 2 amide bonds. The van der Waals surface area contributed by atoms with Crippen LogP contribution in [-0.4, -0.2) is 46.8 Å². The van der Waals surface area contributed by atoms with Crippen LogP contribution in [0.3, 0.4) is 0 Å². The van der Waals surface area contributed by atoms with Crippen LogP contribution in [0.5, 0.6) is 5.88 Å². The molecule has 0 saturated carbocycles.